The van der Waals surface area contributed by atoms with Gasteiger partial charge in [-0.15, -0.1) is 0 Å². The molecule has 1 atom stereocenters. The second-order valence-electron chi connectivity index (χ2n) is 6.77. The standard InChI is InChI=1S/C19H27N3O/c1-14(2)22-13-16(12-20-22)15(3)21-17-7-6-10-19(11-17)23-18-8-4-5-9-18/h6-7,10-15,18,21H,4-5,8-9H2,1-3H3. The molecule has 0 spiro atoms. The van der Waals surface area contributed by atoms with Gasteiger partial charge in [-0.3, -0.25) is 4.68 Å². The zero-order valence-electron chi connectivity index (χ0n) is 14.3. The zero-order chi connectivity index (χ0) is 16.2. The van der Waals surface area contributed by atoms with Crippen LogP contribution in [-0.2, 0) is 0 Å². The van der Waals surface area contributed by atoms with Gasteiger partial charge in [0.25, 0.3) is 0 Å². The summed E-state index contributed by atoms with van der Waals surface area (Å²) in [5, 5.41) is 7.96. The maximum atomic E-state index is 6.08. The molecule has 1 N–H and O–H groups in total. The number of nitrogens with zero attached hydrogens (tertiary/aromatic N) is 2. The van der Waals surface area contributed by atoms with Crippen molar-refractivity contribution in [1.29, 1.82) is 0 Å². The van der Waals surface area contributed by atoms with Crippen molar-refractivity contribution < 1.29 is 4.74 Å². The summed E-state index contributed by atoms with van der Waals surface area (Å²) >= 11 is 0. The zero-order valence-corrected chi connectivity index (χ0v) is 14.3. The molecule has 3 rings (SSSR count). The third kappa shape index (κ3) is 4.06. The van der Waals surface area contributed by atoms with Crippen molar-refractivity contribution in [3.05, 3.63) is 42.2 Å². The lowest BCUT2D eigenvalue weighted by molar-refractivity contribution is 0.210. The number of ether oxygens (including phenoxy) is 1. The van der Waals surface area contributed by atoms with Crippen LogP contribution in [0.15, 0.2) is 36.7 Å². The molecule has 4 nitrogen and oxygen atoms in total. The van der Waals surface area contributed by atoms with Crippen LogP contribution in [0.25, 0.3) is 0 Å². The normalized spacial score (nSPS) is 16.7. The highest BCUT2D eigenvalue weighted by Gasteiger charge is 2.16. The first-order valence-electron chi connectivity index (χ1n) is 8.69. The van der Waals surface area contributed by atoms with Crippen LogP contribution in [0.3, 0.4) is 0 Å². The van der Waals surface area contributed by atoms with Crippen molar-refractivity contribution in [3.8, 4) is 5.75 Å². The summed E-state index contributed by atoms with van der Waals surface area (Å²) in [5.41, 5.74) is 2.28. The van der Waals surface area contributed by atoms with Gasteiger partial charge in [0.15, 0.2) is 0 Å². The summed E-state index contributed by atoms with van der Waals surface area (Å²) in [6.45, 7) is 6.43. The Balaban J connectivity index is 1.64. The minimum atomic E-state index is 0.212. The minimum absolute atomic E-state index is 0.212. The van der Waals surface area contributed by atoms with Crippen LogP contribution < -0.4 is 10.1 Å². The van der Waals surface area contributed by atoms with Gasteiger partial charge in [0.05, 0.1) is 18.3 Å². The van der Waals surface area contributed by atoms with Gasteiger partial charge in [-0.25, -0.2) is 0 Å². The van der Waals surface area contributed by atoms with Crippen molar-refractivity contribution in [3.63, 3.8) is 0 Å². The van der Waals surface area contributed by atoms with Crippen LogP contribution in [-0.4, -0.2) is 15.9 Å². The quantitative estimate of drug-likeness (QED) is 0.819. The molecule has 0 aliphatic heterocycles. The highest BCUT2D eigenvalue weighted by Crippen LogP contribution is 2.27. The lowest BCUT2D eigenvalue weighted by Crippen LogP contribution is -2.11. The summed E-state index contributed by atoms with van der Waals surface area (Å²) in [6, 6.07) is 8.89. The Morgan fingerprint density at radius 2 is 2.00 bits per heavy atom. The molecule has 0 radical (unpaired) electrons. The Bertz CT molecular complexity index is 629. The van der Waals surface area contributed by atoms with E-state index in [1.165, 1.54) is 31.2 Å². The van der Waals surface area contributed by atoms with Gasteiger partial charge < -0.3 is 10.1 Å². The average Bonchev–Trinajstić information content (AvgIpc) is 3.18. The lowest BCUT2D eigenvalue weighted by atomic mass is 10.1. The molecule has 1 aliphatic carbocycles. The Kier molecular flexibility index (Phi) is 4.89. The minimum Gasteiger partial charge on any atom is -0.490 e. The summed E-state index contributed by atoms with van der Waals surface area (Å²) < 4.78 is 8.08. The van der Waals surface area contributed by atoms with Gasteiger partial charge in [0.1, 0.15) is 5.75 Å². The molecule has 1 saturated carbocycles. The lowest BCUT2D eigenvalue weighted by Gasteiger charge is -2.17. The molecule has 1 aromatic heterocycles. The van der Waals surface area contributed by atoms with E-state index in [9.17, 15) is 0 Å². The number of hydrogen-bond donors (Lipinski definition) is 1. The second kappa shape index (κ2) is 7.07. The van der Waals surface area contributed by atoms with Gasteiger partial charge >= 0.3 is 0 Å². The van der Waals surface area contributed by atoms with Crippen molar-refractivity contribution in [2.75, 3.05) is 5.32 Å². The Hall–Kier alpha value is -1.97. The maximum Gasteiger partial charge on any atom is 0.121 e. The molecule has 1 aliphatic rings. The third-order valence-corrected chi connectivity index (χ3v) is 4.47. The fraction of sp³-hybridized carbons (Fsp3) is 0.526. The highest BCUT2D eigenvalue weighted by molar-refractivity contribution is 5.49. The van der Waals surface area contributed by atoms with Gasteiger partial charge in [0.2, 0.25) is 0 Å². The summed E-state index contributed by atoms with van der Waals surface area (Å²) in [4.78, 5) is 0. The molecule has 0 bridgehead atoms. The van der Waals surface area contributed by atoms with E-state index in [1.807, 2.05) is 16.9 Å². The van der Waals surface area contributed by atoms with Crippen LogP contribution in [0, 0.1) is 0 Å². The predicted molar refractivity (Wildman–Crippen MR) is 94.0 cm³/mol. The first-order chi connectivity index (χ1) is 11.1. The van der Waals surface area contributed by atoms with Crippen LogP contribution >= 0.6 is 0 Å². The van der Waals surface area contributed by atoms with Crippen LogP contribution in [0.1, 0.15) is 64.1 Å². The van der Waals surface area contributed by atoms with Crippen molar-refractivity contribution in [1.82, 2.24) is 9.78 Å². The van der Waals surface area contributed by atoms with Crippen molar-refractivity contribution >= 4 is 5.69 Å². The number of aromatic nitrogens is 2. The van der Waals surface area contributed by atoms with Crippen LogP contribution in [0.5, 0.6) is 5.75 Å². The van der Waals surface area contributed by atoms with Gasteiger partial charge in [-0.05, 0) is 58.6 Å². The van der Waals surface area contributed by atoms with Crippen molar-refractivity contribution in [2.24, 2.45) is 0 Å². The largest absolute Gasteiger partial charge is 0.490 e. The van der Waals surface area contributed by atoms with Gasteiger partial charge in [0, 0.05) is 29.6 Å². The van der Waals surface area contributed by atoms with E-state index < -0.39 is 0 Å². The maximum absolute atomic E-state index is 6.08. The van der Waals surface area contributed by atoms with E-state index in [1.54, 1.807) is 0 Å². The highest BCUT2D eigenvalue weighted by atomic mass is 16.5. The van der Waals surface area contributed by atoms with E-state index in [-0.39, 0.29) is 6.04 Å². The molecule has 124 valence electrons. The van der Waals surface area contributed by atoms with Crippen LogP contribution in [0.2, 0.25) is 0 Å². The molecular formula is C19H27N3O. The monoisotopic (exact) mass is 313 g/mol. The Morgan fingerprint density at radius 1 is 1.22 bits per heavy atom. The van der Waals surface area contributed by atoms with E-state index in [0.717, 1.165) is 11.4 Å². The second-order valence-corrected chi connectivity index (χ2v) is 6.77. The van der Waals surface area contributed by atoms with Crippen LogP contribution in [0.4, 0.5) is 5.69 Å². The smallest absolute Gasteiger partial charge is 0.121 e. The molecule has 4 heteroatoms. The Labute approximate surface area is 138 Å². The van der Waals surface area contributed by atoms with Gasteiger partial charge in [-0.2, -0.15) is 5.10 Å². The number of rotatable bonds is 6. The SMILES string of the molecule is CC(Nc1cccc(OC2CCCC2)c1)c1cnn(C(C)C)c1. The molecule has 1 aromatic carbocycles. The van der Waals surface area contributed by atoms with E-state index in [0.29, 0.717) is 12.1 Å². The first kappa shape index (κ1) is 15.9. The molecule has 1 heterocycles. The van der Waals surface area contributed by atoms with Crippen molar-refractivity contribution in [2.45, 2.75) is 64.6 Å². The fourth-order valence-electron chi connectivity index (χ4n) is 3.05. The molecule has 0 saturated heterocycles. The first-order valence-corrected chi connectivity index (χ1v) is 8.69. The van der Waals surface area contributed by atoms with E-state index >= 15 is 0 Å². The molecule has 2 aromatic rings. The topological polar surface area (TPSA) is 39.1 Å². The number of hydrogen-bond acceptors (Lipinski definition) is 3. The van der Waals surface area contributed by atoms with E-state index in [4.69, 9.17) is 4.74 Å². The fourth-order valence-corrected chi connectivity index (χ4v) is 3.05. The van der Waals surface area contributed by atoms with Gasteiger partial charge in [-0.1, -0.05) is 6.07 Å². The average molecular weight is 313 g/mol. The molecule has 0 amide bonds. The molecular weight excluding hydrogens is 286 g/mol. The number of anilines is 1. The molecule has 23 heavy (non-hydrogen) atoms. The summed E-state index contributed by atoms with van der Waals surface area (Å²) in [5.74, 6) is 0.965. The third-order valence-electron chi connectivity index (χ3n) is 4.47. The number of benzene rings is 1. The summed E-state index contributed by atoms with van der Waals surface area (Å²) in [7, 11) is 0. The molecule has 1 unspecified atom stereocenters. The predicted octanol–water partition coefficient (Wildman–Crippen LogP) is 4.96. The number of nitrogens with one attached hydrogen (secondary N) is 1. The molecule has 1 fully saturated rings. The summed E-state index contributed by atoms with van der Waals surface area (Å²) in [6.07, 6.45) is 9.40. The Morgan fingerprint density at radius 3 is 2.70 bits per heavy atom. The van der Waals surface area contributed by atoms with E-state index in [2.05, 4.69) is 55.6 Å².